The molecule has 134 valence electrons. The monoisotopic (exact) mass is 381 g/mol. The summed E-state index contributed by atoms with van der Waals surface area (Å²) in [6, 6.07) is 10.1. The number of benzene rings is 2. The first kappa shape index (κ1) is 17.9. The molecule has 0 spiro atoms. The van der Waals surface area contributed by atoms with Crippen molar-refractivity contribution in [2.24, 2.45) is 0 Å². The molecule has 1 heterocycles. The minimum absolute atomic E-state index is 0.0842. The number of hydrogen-bond donors (Lipinski definition) is 1. The molecule has 3 aromatic rings. The third-order valence-corrected chi connectivity index (χ3v) is 3.64. The van der Waals surface area contributed by atoms with Crippen LogP contribution in [0.5, 0.6) is 5.88 Å². The van der Waals surface area contributed by atoms with Crippen molar-refractivity contribution in [3.05, 3.63) is 59.4 Å². The van der Waals surface area contributed by atoms with Crippen LogP contribution < -0.4 is 10.1 Å². The molecule has 0 aliphatic heterocycles. The van der Waals surface area contributed by atoms with E-state index in [0.717, 1.165) is 12.1 Å². The van der Waals surface area contributed by atoms with Gasteiger partial charge in [-0.2, -0.15) is 13.2 Å². The van der Waals surface area contributed by atoms with Gasteiger partial charge in [-0.3, -0.25) is 4.79 Å². The summed E-state index contributed by atoms with van der Waals surface area (Å²) in [7, 11) is 0. The van der Waals surface area contributed by atoms with Crippen LogP contribution >= 0.6 is 11.6 Å². The van der Waals surface area contributed by atoms with E-state index in [4.69, 9.17) is 16.3 Å². The van der Waals surface area contributed by atoms with E-state index in [1.165, 1.54) is 12.4 Å². The molecular formula is C17H11ClF3N3O2. The number of hydrogen-bond acceptors (Lipinski definition) is 4. The number of halogens is 4. The number of carbonyl (C=O) groups excluding carboxylic acids is 1. The number of para-hydroxylation sites is 1. The fraction of sp³-hybridized carbons (Fsp3) is 0.118. The number of ether oxygens (including phenoxy) is 1. The molecule has 1 N–H and O–H groups in total. The number of nitrogens with one attached hydrogen (secondary N) is 1. The molecule has 0 bridgehead atoms. The van der Waals surface area contributed by atoms with Gasteiger partial charge in [0, 0.05) is 5.02 Å². The second-order valence-corrected chi connectivity index (χ2v) is 5.66. The summed E-state index contributed by atoms with van der Waals surface area (Å²) >= 11 is 5.60. The van der Waals surface area contributed by atoms with Gasteiger partial charge in [0.15, 0.2) is 6.61 Å². The predicted octanol–water partition coefficient (Wildman–Crippen LogP) is 4.32. The van der Waals surface area contributed by atoms with Crippen LogP contribution in [0.4, 0.5) is 18.9 Å². The van der Waals surface area contributed by atoms with Crippen LogP contribution in [0.2, 0.25) is 5.02 Å². The van der Waals surface area contributed by atoms with Crippen molar-refractivity contribution in [2.75, 3.05) is 11.9 Å². The molecule has 0 aliphatic carbocycles. The fourth-order valence-electron chi connectivity index (χ4n) is 2.28. The topological polar surface area (TPSA) is 64.1 Å². The maximum Gasteiger partial charge on any atom is 0.418 e. The Morgan fingerprint density at radius 1 is 1.15 bits per heavy atom. The van der Waals surface area contributed by atoms with Gasteiger partial charge in [0.2, 0.25) is 5.88 Å². The predicted molar refractivity (Wildman–Crippen MR) is 90.1 cm³/mol. The number of amides is 1. The number of aromatic nitrogens is 2. The Labute approximate surface area is 150 Å². The zero-order valence-corrected chi connectivity index (χ0v) is 13.8. The molecule has 0 radical (unpaired) electrons. The lowest BCUT2D eigenvalue weighted by Crippen LogP contribution is -2.22. The van der Waals surface area contributed by atoms with Crippen molar-refractivity contribution >= 4 is 34.1 Å². The Morgan fingerprint density at radius 3 is 2.69 bits per heavy atom. The summed E-state index contributed by atoms with van der Waals surface area (Å²) in [4.78, 5) is 20.0. The van der Waals surface area contributed by atoms with Gasteiger partial charge < -0.3 is 10.1 Å². The van der Waals surface area contributed by atoms with E-state index in [1.807, 2.05) is 0 Å². The summed E-state index contributed by atoms with van der Waals surface area (Å²) in [5, 5.41) is 2.68. The van der Waals surface area contributed by atoms with E-state index < -0.39 is 29.9 Å². The zero-order chi connectivity index (χ0) is 18.7. The van der Waals surface area contributed by atoms with Crippen LogP contribution in [0, 0.1) is 0 Å². The van der Waals surface area contributed by atoms with Crippen molar-refractivity contribution in [3.63, 3.8) is 0 Å². The Balaban J connectivity index is 1.74. The Bertz CT molecular complexity index is 958. The van der Waals surface area contributed by atoms with Crippen LogP contribution in [0.1, 0.15) is 5.56 Å². The first-order valence-electron chi connectivity index (χ1n) is 7.34. The number of alkyl halides is 3. The van der Waals surface area contributed by atoms with E-state index in [1.54, 1.807) is 24.3 Å². The van der Waals surface area contributed by atoms with Gasteiger partial charge in [-0.15, -0.1) is 0 Å². The van der Waals surface area contributed by atoms with E-state index >= 15 is 0 Å². The van der Waals surface area contributed by atoms with E-state index in [2.05, 4.69) is 15.3 Å². The number of nitrogens with zero attached hydrogens (tertiary/aromatic N) is 2. The molecule has 5 nitrogen and oxygen atoms in total. The fourth-order valence-corrected chi connectivity index (χ4v) is 2.45. The third-order valence-electron chi connectivity index (χ3n) is 3.41. The molecule has 2 aromatic carbocycles. The van der Waals surface area contributed by atoms with Gasteiger partial charge in [-0.1, -0.05) is 23.7 Å². The lowest BCUT2D eigenvalue weighted by atomic mass is 10.1. The molecule has 3 rings (SSSR count). The maximum atomic E-state index is 13.0. The van der Waals surface area contributed by atoms with Gasteiger partial charge in [0.1, 0.15) is 6.33 Å². The van der Waals surface area contributed by atoms with E-state index in [-0.39, 0.29) is 10.9 Å². The standard InChI is InChI=1S/C17H11ClF3N3O2/c18-10-5-6-14(12(7-10)17(19,20)21)24-15(25)8-26-16-11-3-1-2-4-13(11)22-9-23-16/h1-7,9H,8H2,(H,24,25). The first-order valence-corrected chi connectivity index (χ1v) is 7.71. The molecule has 9 heteroatoms. The molecule has 1 aromatic heterocycles. The Hall–Kier alpha value is -2.87. The van der Waals surface area contributed by atoms with Crippen LogP contribution in [-0.2, 0) is 11.0 Å². The highest BCUT2D eigenvalue weighted by Crippen LogP contribution is 2.36. The van der Waals surface area contributed by atoms with Gasteiger partial charge >= 0.3 is 6.18 Å². The quantitative estimate of drug-likeness (QED) is 0.731. The van der Waals surface area contributed by atoms with Gasteiger partial charge in [-0.05, 0) is 30.3 Å². The Morgan fingerprint density at radius 2 is 1.92 bits per heavy atom. The molecule has 0 saturated heterocycles. The van der Waals surface area contributed by atoms with Crippen molar-refractivity contribution in [1.29, 1.82) is 0 Å². The minimum Gasteiger partial charge on any atom is -0.467 e. The maximum absolute atomic E-state index is 13.0. The molecule has 0 saturated carbocycles. The zero-order valence-electron chi connectivity index (χ0n) is 13.0. The lowest BCUT2D eigenvalue weighted by Gasteiger charge is -2.14. The molecule has 26 heavy (non-hydrogen) atoms. The normalized spacial score (nSPS) is 11.4. The second-order valence-electron chi connectivity index (χ2n) is 5.22. The lowest BCUT2D eigenvalue weighted by molar-refractivity contribution is -0.137. The highest BCUT2D eigenvalue weighted by atomic mass is 35.5. The second kappa shape index (κ2) is 7.17. The highest BCUT2D eigenvalue weighted by molar-refractivity contribution is 6.30. The number of anilines is 1. The molecular weight excluding hydrogens is 371 g/mol. The average Bonchev–Trinajstić information content (AvgIpc) is 2.60. The smallest absolute Gasteiger partial charge is 0.418 e. The van der Waals surface area contributed by atoms with Gasteiger partial charge in [0.05, 0.1) is 22.2 Å². The highest BCUT2D eigenvalue weighted by Gasteiger charge is 2.34. The van der Waals surface area contributed by atoms with Gasteiger partial charge in [0.25, 0.3) is 5.91 Å². The Kier molecular flexibility index (Phi) is 4.94. The first-order chi connectivity index (χ1) is 12.3. The van der Waals surface area contributed by atoms with Gasteiger partial charge in [-0.25, -0.2) is 9.97 Å². The number of fused-ring (bicyclic) bond motifs is 1. The van der Waals surface area contributed by atoms with Crippen LogP contribution in [0.15, 0.2) is 48.8 Å². The van der Waals surface area contributed by atoms with Crippen molar-refractivity contribution in [1.82, 2.24) is 9.97 Å². The SMILES string of the molecule is O=C(COc1ncnc2ccccc12)Nc1ccc(Cl)cc1C(F)(F)F. The van der Waals surface area contributed by atoms with Crippen molar-refractivity contribution < 1.29 is 22.7 Å². The largest absolute Gasteiger partial charge is 0.467 e. The number of carbonyl (C=O) groups is 1. The van der Waals surface area contributed by atoms with Crippen molar-refractivity contribution in [2.45, 2.75) is 6.18 Å². The van der Waals surface area contributed by atoms with Crippen LogP contribution in [-0.4, -0.2) is 22.5 Å². The van der Waals surface area contributed by atoms with Crippen LogP contribution in [0.25, 0.3) is 10.9 Å². The molecule has 0 fully saturated rings. The summed E-state index contributed by atoms with van der Waals surface area (Å²) in [6.07, 6.45) is -3.38. The molecule has 0 atom stereocenters. The van der Waals surface area contributed by atoms with Crippen LogP contribution in [0.3, 0.4) is 0 Å². The molecule has 0 unspecified atom stereocenters. The molecule has 0 aliphatic rings. The summed E-state index contributed by atoms with van der Waals surface area (Å²) in [5.41, 5.74) is -0.816. The van der Waals surface area contributed by atoms with E-state index in [9.17, 15) is 18.0 Å². The van der Waals surface area contributed by atoms with Crippen molar-refractivity contribution in [3.8, 4) is 5.88 Å². The third kappa shape index (κ3) is 4.02. The average molecular weight is 382 g/mol. The molecule has 1 amide bonds. The minimum atomic E-state index is -4.66. The number of rotatable bonds is 4. The van der Waals surface area contributed by atoms with E-state index in [0.29, 0.717) is 10.9 Å². The summed E-state index contributed by atoms with van der Waals surface area (Å²) in [6.45, 7) is -0.513. The summed E-state index contributed by atoms with van der Waals surface area (Å²) in [5.74, 6) is -0.599. The summed E-state index contributed by atoms with van der Waals surface area (Å²) < 4.78 is 44.5.